The molecule has 2 aromatic carbocycles. The molecule has 0 radical (unpaired) electrons. The van der Waals surface area contributed by atoms with E-state index in [1.54, 1.807) is 11.8 Å². The molecule has 0 unspecified atom stereocenters. The minimum atomic E-state index is 0.973. The van der Waals surface area contributed by atoms with Gasteiger partial charge in [-0.3, -0.25) is 4.40 Å². The summed E-state index contributed by atoms with van der Waals surface area (Å²) < 4.78 is 2.16. The van der Waals surface area contributed by atoms with Gasteiger partial charge in [0.2, 0.25) is 0 Å². The molecule has 2 nitrogen and oxygen atoms in total. The number of hydrogen-bond donors (Lipinski definition) is 0. The summed E-state index contributed by atoms with van der Waals surface area (Å²) >= 11 is 1.75. The molecule has 3 heteroatoms. The molecule has 4 rings (SSSR count). The summed E-state index contributed by atoms with van der Waals surface area (Å²) in [5.74, 6) is 0. The number of fused-ring (bicyclic) bond motifs is 1. The molecule has 2 heterocycles. The van der Waals surface area contributed by atoms with Crippen LogP contribution in [0.5, 0.6) is 0 Å². The lowest BCUT2D eigenvalue weighted by Gasteiger charge is -2.05. The van der Waals surface area contributed by atoms with Crippen LogP contribution in [-0.4, -0.2) is 9.38 Å². The first-order valence-electron chi connectivity index (χ1n) is 7.58. The summed E-state index contributed by atoms with van der Waals surface area (Å²) in [6.45, 7) is 2.11. The molecule has 0 saturated carbocycles. The minimum Gasteiger partial charge on any atom is -0.294 e. The Hall–Kier alpha value is -2.52. The number of pyridine rings is 1. The van der Waals surface area contributed by atoms with Gasteiger partial charge < -0.3 is 0 Å². The maximum Gasteiger partial charge on any atom is 0.138 e. The van der Waals surface area contributed by atoms with Crippen molar-refractivity contribution in [3.63, 3.8) is 0 Å². The van der Waals surface area contributed by atoms with E-state index in [9.17, 15) is 0 Å². The maximum absolute atomic E-state index is 4.84. The van der Waals surface area contributed by atoms with Crippen molar-refractivity contribution in [2.75, 3.05) is 0 Å². The smallest absolute Gasteiger partial charge is 0.138 e. The van der Waals surface area contributed by atoms with Gasteiger partial charge in [-0.1, -0.05) is 65.9 Å². The first kappa shape index (κ1) is 14.1. The van der Waals surface area contributed by atoms with Crippen LogP contribution in [0.15, 0.2) is 88.9 Å². The topological polar surface area (TPSA) is 17.3 Å². The highest BCUT2D eigenvalue weighted by molar-refractivity contribution is 7.99. The summed E-state index contributed by atoms with van der Waals surface area (Å²) in [4.78, 5) is 6.06. The van der Waals surface area contributed by atoms with Crippen molar-refractivity contribution in [3.8, 4) is 11.3 Å². The average Bonchev–Trinajstić information content (AvgIpc) is 2.96. The summed E-state index contributed by atoms with van der Waals surface area (Å²) in [6, 6.07) is 25.1. The Morgan fingerprint density at radius 2 is 1.57 bits per heavy atom. The second-order valence-electron chi connectivity index (χ2n) is 5.48. The van der Waals surface area contributed by atoms with E-state index in [2.05, 4.69) is 66.1 Å². The van der Waals surface area contributed by atoms with Crippen LogP contribution in [0.4, 0.5) is 0 Å². The van der Waals surface area contributed by atoms with Gasteiger partial charge in [0.25, 0.3) is 0 Å². The normalized spacial score (nSPS) is 11.0. The van der Waals surface area contributed by atoms with E-state index in [0.29, 0.717) is 0 Å². The summed E-state index contributed by atoms with van der Waals surface area (Å²) in [5.41, 5.74) is 4.42. The number of hydrogen-bond acceptors (Lipinski definition) is 2. The molecule has 4 aromatic rings. The van der Waals surface area contributed by atoms with Crippen LogP contribution in [0.1, 0.15) is 5.56 Å². The zero-order valence-corrected chi connectivity index (χ0v) is 13.6. The van der Waals surface area contributed by atoms with E-state index in [1.807, 2.05) is 24.3 Å². The second kappa shape index (κ2) is 5.94. The number of aromatic nitrogens is 2. The monoisotopic (exact) mass is 316 g/mol. The van der Waals surface area contributed by atoms with Gasteiger partial charge in [-0.25, -0.2) is 4.98 Å². The van der Waals surface area contributed by atoms with Crippen LogP contribution in [-0.2, 0) is 0 Å². The average molecular weight is 316 g/mol. The predicted octanol–water partition coefficient (Wildman–Crippen LogP) is 5.46. The molecule has 23 heavy (non-hydrogen) atoms. The molecule has 2 aromatic heterocycles. The van der Waals surface area contributed by atoms with E-state index in [1.165, 1.54) is 10.5 Å². The lowest BCUT2D eigenvalue weighted by molar-refractivity contribution is 1.05. The van der Waals surface area contributed by atoms with Crippen molar-refractivity contribution >= 4 is 17.4 Å². The number of aryl methyl sites for hydroxylation is 1. The number of imidazole rings is 1. The van der Waals surface area contributed by atoms with Gasteiger partial charge in [0.15, 0.2) is 0 Å². The van der Waals surface area contributed by atoms with Gasteiger partial charge in [0.05, 0.1) is 0 Å². The van der Waals surface area contributed by atoms with Crippen LogP contribution in [0, 0.1) is 6.92 Å². The van der Waals surface area contributed by atoms with Crippen LogP contribution in [0.2, 0.25) is 0 Å². The van der Waals surface area contributed by atoms with Gasteiger partial charge in [0.1, 0.15) is 16.4 Å². The molecular weight excluding hydrogens is 300 g/mol. The standard InChI is InChI=1S/C20H16N2S/c1-15-10-12-17(13-11-15)23-20-19(16-7-3-2-4-8-16)21-18-9-5-6-14-22(18)20/h2-14H,1H3. The van der Waals surface area contributed by atoms with Crippen LogP contribution in [0.3, 0.4) is 0 Å². The van der Waals surface area contributed by atoms with Crippen LogP contribution in [0.25, 0.3) is 16.9 Å². The van der Waals surface area contributed by atoms with Crippen molar-refractivity contribution in [2.45, 2.75) is 16.8 Å². The lowest BCUT2D eigenvalue weighted by Crippen LogP contribution is -1.86. The fourth-order valence-electron chi connectivity index (χ4n) is 2.57. The number of rotatable bonds is 3. The fraction of sp³-hybridized carbons (Fsp3) is 0.0500. The predicted molar refractivity (Wildman–Crippen MR) is 95.9 cm³/mol. The molecule has 0 aliphatic rings. The van der Waals surface area contributed by atoms with E-state index in [-0.39, 0.29) is 0 Å². The maximum atomic E-state index is 4.84. The highest BCUT2D eigenvalue weighted by Gasteiger charge is 2.14. The van der Waals surface area contributed by atoms with Crippen LogP contribution >= 0.6 is 11.8 Å². The van der Waals surface area contributed by atoms with E-state index in [4.69, 9.17) is 4.98 Å². The Labute approximate surface area is 139 Å². The van der Waals surface area contributed by atoms with E-state index < -0.39 is 0 Å². The highest BCUT2D eigenvalue weighted by Crippen LogP contribution is 2.36. The Balaban J connectivity index is 1.87. The molecular formula is C20H16N2S. The molecule has 0 atom stereocenters. The first-order valence-corrected chi connectivity index (χ1v) is 8.40. The minimum absolute atomic E-state index is 0.973. The lowest BCUT2D eigenvalue weighted by atomic mass is 10.2. The third kappa shape index (κ3) is 2.76. The zero-order chi connectivity index (χ0) is 15.6. The Morgan fingerprint density at radius 3 is 2.35 bits per heavy atom. The third-order valence-electron chi connectivity index (χ3n) is 3.77. The fourth-order valence-corrected chi connectivity index (χ4v) is 3.58. The second-order valence-corrected chi connectivity index (χ2v) is 6.54. The van der Waals surface area contributed by atoms with E-state index >= 15 is 0 Å². The van der Waals surface area contributed by atoms with E-state index in [0.717, 1.165) is 21.9 Å². The van der Waals surface area contributed by atoms with Gasteiger partial charge in [0, 0.05) is 16.7 Å². The summed E-state index contributed by atoms with van der Waals surface area (Å²) in [7, 11) is 0. The molecule has 0 bridgehead atoms. The van der Waals surface area contributed by atoms with Gasteiger partial charge in [-0.15, -0.1) is 0 Å². The van der Waals surface area contributed by atoms with Crippen molar-refractivity contribution in [1.82, 2.24) is 9.38 Å². The molecule has 0 aliphatic heterocycles. The van der Waals surface area contributed by atoms with Crippen molar-refractivity contribution in [3.05, 3.63) is 84.6 Å². The SMILES string of the molecule is Cc1ccc(Sc2c(-c3ccccc3)nc3ccccn23)cc1. The van der Waals surface area contributed by atoms with Crippen molar-refractivity contribution < 1.29 is 0 Å². The van der Waals surface area contributed by atoms with Gasteiger partial charge in [-0.2, -0.15) is 0 Å². The number of benzene rings is 2. The van der Waals surface area contributed by atoms with Crippen molar-refractivity contribution in [2.24, 2.45) is 0 Å². The highest BCUT2D eigenvalue weighted by atomic mass is 32.2. The molecule has 0 spiro atoms. The Bertz CT molecular complexity index is 940. The first-order chi connectivity index (χ1) is 11.3. The van der Waals surface area contributed by atoms with Gasteiger partial charge >= 0.3 is 0 Å². The quantitative estimate of drug-likeness (QED) is 0.499. The molecule has 0 aliphatic carbocycles. The molecule has 0 amide bonds. The third-order valence-corrected chi connectivity index (χ3v) is 4.86. The number of nitrogens with zero attached hydrogens (tertiary/aromatic N) is 2. The zero-order valence-electron chi connectivity index (χ0n) is 12.8. The molecule has 0 fully saturated rings. The molecule has 0 saturated heterocycles. The summed E-state index contributed by atoms with van der Waals surface area (Å²) in [6.07, 6.45) is 2.07. The Kier molecular flexibility index (Phi) is 3.64. The van der Waals surface area contributed by atoms with Crippen LogP contribution < -0.4 is 0 Å². The van der Waals surface area contributed by atoms with Crippen molar-refractivity contribution in [1.29, 1.82) is 0 Å². The largest absolute Gasteiger partial charge is 0.294 e. The summed E-state index contributed by atoms with van der Waals surface area (Å²) in [5, 5.41) is 1.15. The molecule has 0 N–H and O–H groups in total. The Morgan fingerprint density at radius 1 is 0.826 bits per heavy atom. The van der Waals surface area contributed by atoms with Gasteiger partial charge in [-0.05, 0) is 31.2 Å². The molecule has 112 valence electrons.